The lowest BCUT2D eigenvalue weighted by atomic mass is 9.97. The van der Waals surface area contributed by atoms with E-state index in [1.54, 1.807) is 6.92 Å². The summed E-state index contributed by atoms with van der Waals surface area (Å²) < 4.78 is 0. The van der Waals surface area contributed by atoms with E-state index in [4.69, 9.17) is 0 Å². The first-order valence-electron chi connectivity index (χ1n) is 6.10. The average Bonchev–Trinajstić information content (AvgIpc) is 2.37. The zero-order valence-corrected chi connectivity index (χ0v) is 10.5. The Kier molecular flexibility index (Phi) is 3.80. The normalized spacial score (nSPS) is 14.4. The number of aliphatic hydroxyl groups is 2. The van der Waals surface area contributed by atoms with Gasteiger partial charge in [0.05, 0.1) is 12.2 Å². The van der Waals surface area contributed by atoms with Crippen LogP contribution in [0.5, 0.6) is 0 Å². The van der Waals surface area contributed by atoms with Crippen LogP contribution in [0.4, 0.5) is 0 Å². The molecule has 0 heterocycles. The Bertz CT molecular complexity index is 558. The molecule has 0 fully saturated rings. The highest BCUT2D eigenvalue weighted by molar-refractivity contribution is 5.83. The zero-order chi connectivity index (χ0) is 13.1. The van der Waals surface area contributed by atoms with Crippen LogP contribution in [-0.4, -0.2) is 16.3 Å². The molecule has 2 atom stereocenters. The van der Waals surface area contributed by atoms with Crippen LogP contribution in [0, 0.1) is 0 Å². The maximum atomic E-state index is 10.1. The lowest BCUT2D eigenvalue weighted by molar-refractivity contribution is 0.159. The van der Waals surface area contributed by atoms with E-state index < -0.39 is 12.2 Å². The Morgan fingerprint density at radius 3 is 2.44 bits per heavy atom. The topological polar surface area (TPSA) is 40.5 Å². The molecule has 2 N–H and O–H groups in total. The van der Waals surface area contributed by atoms with Crippen LogP contribution < -0.4 is 0 Å². The van der Waals surface area contributed by atoms with Crippen molar-refractivity contribution in [3.05, 3.63) is 60.2 Å². The molecule has 0 spiro atoms. The molecule has 0 aliphatic heterocycles. The van der Waals surface area contributed by atoms with Gasteiger partial charge >= 0.3 is 0 Å². The lowest BCUT2D eigenvalue weighted by Crippen LogP contribution is -2.08. The molecule has 0 saturated heterocycles. The molecule has 0 saturated carbocycles. The van der Waals surface area contributed by atoms with E-state index in [-0.39, 0.29) is 0 Å². The number of aliphatic hydroxyl groups excluding tert-OH is 2. The smallest absolute Gasteiger partial charge is 0.0828 e. The van der Waals surface area contributed by atoms with Crippen molar-refractivity contribution in [1.82, 2.24) is 0 Å². The SMILES string of the molecule is C=C(C[C@@H](O)c1ccc2ccccc2c1)[C@H](C)O. The van der Waals surface area contributed by atoms with Gasteiger partial charge in [0.15, 0.2) is 0 Å². The first kappa shape index (κ1) is 12.8. The van der Waals surface area contributed by atoms with E-state index in [1.807, 2.05) is 42.5 Å². The second kappa shape index (κ2) is 5.34. The summed E-state index contributed by atoms with van der Waals surface area (Å²) in [6, 6.07) is 13.9. The molecule has 2 nitrogen and oxygen atoms in total. The molecule has 0 bridgehead atoms. The number of hydrogen-bond acceptors (Lipinski definition) is 2. The van der Waals surface area contributed by atoms with E-state index in [9.17, 15) is 10.2 Å². The second-order valence-electron chi connectivity index (χ2n) is 4.66. The van der Waals surface area contributed by atoms with Crippen LogP contribution in [0.1, 0.15) is 25.0 Å². The molecule has 2 aromatic carbocycles. The van der Waals surface area contributed by atoms with Crippen LogP contribution >= 0.6 is 0 Å². The molecular formula is C16H18O2. The fourth-order valence-electron chi connectivity index (χ4n) is 1.95. The zero-order valence-electron chi connectivity index (χ0n) is 10.5. The van der Waals surface area contributed by atoms with E-state index in [2.05, 4.69) is 6.58 Å². The monoisotopic (exact) mass is 242 g/mol. The van der Waals surface area contributed by atoms with Crippen LogP contribution in [0.2, 0.25) is 0 Å². The first-order valence-corrected chi connectivity index (χ1v) is 6.10. The third-order valence-electron chi connectivity index (χ3n) is 3.20. The molecule has 94 valence electrons. The minimum Gasteiger partial charge on any atom is -0.389 e. The summed E-state index contributed by atoms with van der Waals surface area (Å²) in [4.78, 5) is 0. The Labute approximate surface area is 107 Å². The standard InChI is InChI=1S/C16H18O2/c1-11(12(2)17)9-16(18)15-8-7-13-5-3-4-6-14(13)10-15/h3-8,10,12,16-18H,1,9H2,2H3/t12-,16+/m0/s1. The second-order valence-corrected chi connectivity index (χ2v) is 4.66. The molecule has 2 rings (SSSR count). The van der Waals surface area contributed by atoms with Gasteiger partial charge in [-0.15, -0.1) is 0 Å². The molecular weight excluding hydrogens is 224 g/mol. The predicted octanol–water partition coefficient (Wildman–Crippen LogP) is 3.20. The van der Waals surface area contributed by atoms with Gasteiger partial charge in [-0.3, -0.25) is 0 Å². The fourth-order valence-corrected chi connectivity index (χ4v) is 1.95. The maximum absolute atomic E-state index is 10.1. The Balaban J connectivity index is 2.22. The maximum Gasteiger partial charge on any atom is 0.0828 e. The largest absolute Gasteiger partial charge is 0.389 e. The number of fused-ring (bicyclic) bond motifs is 1. The van der Waals surface area contributed by atoms with E-state index in [0.717, 1.165) is 16.3 Å². The van der Waals surface area contributed by atoms with Gasteiger partial charge in [-0.1, -0.05) is 43.0 Å². The highest BCUT2D eigenvalue weighted by Gasteiger charge is 2.12. The highest BCUT2D eigenvalue weighted by atomic mass is 16.3. The van der Waals surface area contributed by atoms with Crippen molar-refractivity contribution in [2.24, 2.45) is 0 Å². The Morgan fingerprint density at radius 1 is 1.11 bits per heavy atom. The summed E-state index contributed by atoms with van der Waals surface area (Å²) >= 11 is 0. The fraction of sp³-hybridized carbons (Fsp3) is 0.250. The minimum atomic E-state index is -0.614. The van der Waals surface area contributed by atoms with Gasteiger partial charge in [0, 0.05) is 6.42 Å². The van der Waals surface area contributed by atoms with Gasteiger partial charge in [-0.25, -0.2) is 0 Å². The van der Waals surface area contributed by atoms with Gasteiger partial charge in [0.1, 0.15) is 0 Å². The number of rotatable bonds is 4. The summed E-state index contributed by atoms with van der Waals surface area (Å²) in [6.45, 7) is 5.43. The summed E-state index contributed by atoms with van der Waals surface area (Å²) in [6.07, 6.45) is -0.812. The van der Waals surface area contributed by atoms with E-state index in [1.165, 1.54) is 0 Å². The summed E-state index contributed by atoms with van der Waals surface area (Å²) in [5, 5.41) is 21.8. The van der Waals surface area contributed by atoms with E-state index in [0.29, 0.717) is 12.0 Å². The molecule has 0 aliphatic rings. The van der Waals surface area contributed by atoms with Crippen LogP contribution in [0.3, 0.4) is 0 Å². The van der Waals surface area contributed by atoms with E-state index >= 15 is 0 Å². The molecule has 0 aromatic heterocycles. The van der Waals surface area contributed by atoms with Gasteiger partial charge in [0.25, 0.3) is 0 Å². The third kappa shape index (κ3) is 2.78. The van der Waals surface area contributed by atoms with Crippen molar-refractivity contribution in [3.8, 4) is 0 Å². The molecule has 2 aromatic rings. The Hall–Kier alpha value is -1.64. The van der Waals surface area contributed by atoms with Gasteiger partial charge in [-0.05, 0) is 34.9 Å². The quantitative estimate of drug-likeness (QED) is 0.808. The van der Waals surface area contributed by atoms with Crippen LogP contribution in [-0.2, 0) is 0 Å². The van der Waals surface area contributed by atoms with Crippen molar-refractivity contribution >= 4 is 10.8 Å². The van der Waals surface area contributed by atoms with Crippen molar-refractivity contribution in [1.29, 1.82) is 0 Å². The first-order chi connectivity index (χ1) is 8.58. The van der Waals surface area contributed by atoms with Gasteiger partial charge < -0.3 is 10.2 Å². The van der Waals surface area contributed by atoms with Crippen molar-refractivity contribution < 1.29 is 10.2 Å². The number of benzene rings is 2. The lowest BCUT2D eigenvalue weighted by Gasteiger charge is -2.15. The summed E-state index contributed by atoms with van der Waals surface area (Å²) in [5.74, 6) is 0. The predicted molar refractivity (Wildman–Crippen MR) is 74.3 cm³/mol. The summed E-state index contributed by atoms with van der Waals surface area (Å²) in [7, 11) is 0. The Morgan fingerprint density at radius 2 is 1.78 bits per heavy atom. The minimum absolute atomic E-state index is 0.385. The molecule has 0 radical (unpaired) electrons. The molecule has 2 heteroatoms. The average molecular weight is 242 g/mol. The van der Waals surface area contributed by atoms with Crippen molar-refractivity contribution in [2.45, 2.75) is 25.6 Å². The van der Waals surface area contributed by atoms with Gasteiger partial charge in [-0.2, -0.15) is 0 Å². The van der Waals surface area contributed by atoms with Crippen molar-refractivity contribution in [2.75, 3.05) is 0 Å². The molecule has 0 unspecified atom stereocenters. The van der Waals surface area contributed by atoms with Crippen LogP contribution in [0.25, 0.3) is 10.8 Å². The van der Waals surface area contributed by atoms with Crippen molar-refractivity contribution in [3.63, 3.8) is 0 Å². The molecule has 0 aliphatic carbocycles. The molecule has 18 heavy (non-hydrogen) atoms. The van der Waals surface area contributed by atoms with Crippen LogP contribution in [0.15, 0.2) is 54.6 Å². The summed E-state index contributed by atoms with van der Waals surface area (Å²) in [5.41, 5.74) is 1.51. The number of hydrogen-bond donors (Lipinski definition) is 2. The molecule has 0 amide bonds. The third-order valence-corrected chi connectivity index (χ3v) is 3.20. The van der Waals surface area contributed by atoms with Gasteiger partial charge in [0.2, 0.25) is 0 Å². The highest BCUT2D eigenvalue weighted by Crippen LogP contribution is 2.25.